The van der Waals surface area contributed by atoms with E-state index >= 15 is 0 Å². The Labute approximate surface area is 151 Å². The van der Waals surface area contributed by atoms with Gasteiger partial charge in [0.2, 0.25) is 0 Å². The van der Waals surface area contributed by atoms with Gasteiger partial charge in [-0.2, -0.15) is 0 Å². The monoisotopic (exact) mass is 332 g/mol. The number of hydrogen-bond acceptors (Lipinski definition) is 1. The van der Waals surface area contributed by atoms with Gasteiger partial charge in [0.25, 0.3) is 0 Å². The summed E-state index contributed by atoms with van der Waals surface area (Å²) < 4.78 is 2.60. The van der Waals surface area contributed by atoms with Crippen molar-refractivity contribution in [3.05, 3.63) is 70.4 Å². The second-order valence-electron chi connectivity index (χ2n) is 7.64. The third-order valence-electron chi connectivity index (χ3n) is 5.66. The zero-order valence-electron chi connectivity index (χ0n) is 15.7. The molecule has 0 bridgehead atoms. The van der Waals surface area contributed by atoms with E-state index in [1.165, 1.54) is 34.0 Å². The van der Waals surface area contributed by atoms with Gasteiger partial charge in [0.1, 0.15) is 0 Å². The molecule has 0 atom stereocenters. The maximum atomic E-state index is 2.60. The van der Waals surface area contributed by atoms with Crippen LogP contribution in [0.3, 0.4) is 0 Å². The number of aryl methyl sites for hydroxylation is 4. The molecule has 0 amide bonds. The minimum atomic E-state index is 1.07. The lowest BCUT2D eigenvalue weighted by Crippen LogP contribution is -2.21. The van der Waals surface area contributed by atoms with Crippen LogP contribution < -0.4 is 0 Å². The standard InChI is InChI=1S/C23H28N2/c1-17-4-7-19(8-5-17)10-15-25-22-9-6-18(2)16-21(22)20-11-13-24(3)14-12-23(20)25/h4-9,16H,10-15H2,1-3H3. The summed E-state index contributed by atoms with van der Waals surface area (Å²) in [5.41, 5.74) is 8.71. The van der Waals surface area contributed by atoms with Gasteiger partial charge in [-0.3, -0.25) is 0 Å². The molecular weight excluding hydrogens is 304 g/mol. The average molecular weight is 332 g/mol. The van der Waals surface area contributed by atoms with Crippen molar-refractivity contribution in [2.45, 2.75) is 39.7 Å². The molecule has 4 rings (SSSR count). The van der Waals surface area contributed by atoms with Gasteiger partial charge in [0.05, 0.1) is 0 Å². The summed E-state index contributed by atoms with van der Waals surface area (Å²) in [5.74, 6) is 0. The van der Waals surface area contributed by atoms with Gasteiger partial charge in [-0.25, -0.2) is 0 Å². The predicted molar refractivity (Wildman–Crippen MR) is 106 cm³/mol. The zero-order valence-corrected chi connectivity index (χ0v) is 15.7. The van der Waals surface area contributed by atoms with Gasteiger partial charge in [0.15, 0.2) is 0 Å². The lowest BCUT2D eigenvalue weighted by molar-refractivity contribution is 0.351. The number of aromatic nitrogens is 1. The molecule has 3 aromatic rings. The van der Waals surface area contributed by atoms with E-state index in [-0.39, 0.29) is 0 Å². The van der Waals surface area contributed by atoms with Crippen LogP contribution in [0.5, 0.6) is 0 Å². The van der Waals surface area contributed by atoms with E-state index in [9.17, 15) is 0 Å². The Bertz CT molecular complexity index is 887. The molecule has 0 unspecified atom stereocenters. The average Bonchev–Trinajstić information content (AvgIpc) is 2.75. The Hall–Kier alpha value is -2.06. The van der Waals surface area contributed by atoms with Crippen LogP contribution in [0, 0.1) is 13.8 Å². The second-order valence-corrected chi connectivity index (χ2v) is 7.64. The fourth-order valence-electron chi connectivity index (χ4n) is 4.12. The number of nitrogens with zero attached hydrogens (tertiary/aromatic N) is 2. The Morgan fingerprint density at radius 3 is 2.40 bits per heavy atom. The van der Waals surface area contributed by atoms with Crippen molar-refractivity contribution in [1.82, 2.24) is 9.47 Å². The van der Waals surface area contributed by atoms with Crippen LogP contribution in [0.2, 0.25) is 0 Å². The molecule has 1 aliphatic heterocycles. The van der Waals surface area contributed by atoms with Gasteiger partial charge in [-0.1, -0.05) is 41.5 Å². The van der Waals surface area contributed by atoms with Gasteiger partial charge < -0.3 is 9.47 Å². The first-order chi connectivity index (χ1) is 12.1. The van der Waals surface area contributed by atoms with Crippen molar-refractivity contribution in [2.75, 3.05) is 20.1 Å². The number of likely N-dealkylation sites (N-methyl/N-ethyl adjacent to an activating group) is 1. The summed E-state index contributed by atoms with van der Waals surface area (Å²) in [6.45, 7) is 7.76. The Balaban J connectivity index is 1.73. The van der Waals surface area contributed by atoms with Crippen LogP contribution in [0.1, 0.15) is 27.9 Å². The van der Waals surface area contributed by atoms with Gasteiger partial charge >= 0.3 is 0 Å². The summed E-state index contributed by atoms with van der Waals surface area (Å²) in [6.07, 6.45) is 3.43. The largest absolute Gasteiger partial charge is 0.344 e. The molecule has 0 N–H and O–H groups in total. The minimum absolute atomic E-state index is 1.07. The SMILES string of the molecule is Cc1ccc(CCn2c3c(c4cc(C)ccc42)CCN(C)CC3)cc1. The van der Waals surface area contributed by atoms with Crippen molar-refractivity contribution in [2.24, 2.45) is 0 Å². The molecule has 2 heteroatoms. The van der Waals surface area contributed by atoms with Crippen LogP contribution in [0.4, 0.5) is 0 Å². The smallest absolute Gasteiger partial charge is 0.0485 e. The normalized spacial score (nSPS) is 15.3. The van der Waals surface area contributed by atoms with E-state index in [2.05, 4.69) is 72.8 Å². The molecule has 2 heterocycles. The predicted octanol–water partition coefficient (Wildman–Crippen LogP) is 4.53. The van der Waals surface area contributed by atoms with Crippen molar-refractivity contribution < 1.29 is 0 Å². The number of benzene rings is 2. The van der Waals surface area contributed by atoms with E-state index in [0.717, 1.165) is 32.5 Å². The highest BCUT2D eigenvalue weighted by Crippen LogP contribution is 2.30. The molecule has 0 radical (unpaired) electrons. The number of rotatable bonds is 3. The summed E-state index contributed by atoms with van der Waals surface area (Å²) in [6, 6.07) is 16.0. The molecule has 25 heavy (non-hydrogen) atoms. The van der Waals surface area contributed by atoms with Crippen LogP contribution in [-0.2, 0) is 25.8 Å². The first kappa shape index (κ1) is 16.4. The molecular formula is C23H28N2. The highest BCUT2D eigenvalue weighted by Gasteiger charge is 2.20. The maximum absolute atomic E-state index is 2.60. The third kappa shape index (κ3) is 3.23. The molecule has 0 spiro atoms. The van der Waals surface area contributed by atoms with Crippen molar-refractivity contribution >= 4 is 10.9 Å². The van der Waals surface area contributed by atoms with Crippen molar-refractivity contribution in [1.29, 1.82) is 0 Å². The molecule has 130 valence electrons. The fourth-order valence-corrected chi connectivity index (χ4v) is 4.12. The molecule has 2 aromatic carbocycles. The van der Waals surface area contributed by atoms with Crippen molar-refractivity contribution in [3.63, 3.8) is 0 Å². The fraction of sp³-hybridized carbons (Fsp3) is 0.391. The minimum Gasteiger partial charge on any atom is -0.344 e. The maximum Gasteiger partial charge on any atom is 0.0485 e. The van der Waals surface area contributed by atoms with Crippen molar-refractivity contribution in [3.8, 4) is 0 Å². The van der Waals surface area contributed by atoms with Gasteiger partial charge in [-0.15, -0.1) is 0 Å². The van der Waals surface area contributed by atoms with E-state index in [1.54, 1.807) is 11.3 Å². The molecule has 0 aliphatic carbocycles. The number of fused-ring (bicyclic) bond motifs is 3. The van der Waals surface area contributed by atoms with E-state index in [0.29, 0.717) is 0 Å². The highest BCUT2D eigenvalue weighted by atomic mass is 15.1. The first-order valence-electron chi connectivity index (χ1n) is 9.46. The Morgan fingerprint density at radius 2 is 1.60 bits per heavy atom. The lowest BCUT2D eigenvalue weighted by Gasteiger charge is -2.14. The summed E-state index contributed by atoms with van der Waals surface area (Å²) in [4.78, 5) is 2.46. The summed E-state index contributed by atoms with van der Waals surface area (Å²) in [5, 5.41) is 1.48. The van der Waals surface area contributed by atoms with Gasteiger partial charge in [-0.05, 0) is 57.0 Å². The van der Waals surface area contributed by atoms with Crippen LogP contribution in [0.15, 0.2) is 42.5 Å². The third-order valence-corrected chi connectivity index (χ3v) is 5.66. The molecule has 1 aromatic heterocycles. The molecule has 0 saturated heterocycles. The summed E-state index contributed by atoms with van der Waals surface area (Å²) >= 11 is 0. The van der Waals surface area contributed by atoms with Gasteiger partial charge in [0, 0.05) is 42.7 Å². The second kappa shape index (κ2) is 6.68. The van der Waals surface area contributed by atoms with E-state index < -0.39 is 0 Å². The molecule has 0 saturated carbocycles. The van der Waals surface area contributed by atoms with E-state index in [1.807, 2.05) is 0 Å². The topological polar surface area (TPSA) is 8.17 Å². The Kier molecular flexibility index (Phi) is 4.39. The molecule has 2 nitrogen and oxygen atoms in total. The molecule has 0 fully saturated rings. The molecule has 1 aliphatic rings. The van der Waals surface area contributed by atoms with E-state index in [4.69, 9.17) is 0 Å². The Morgan fingerprint density at radius 1 is 0.880 bits per heavy atom. The van der Waals surface area contributed by atoms with Crippen LogP contribution in [-0.4, -0.2) is 29.6 Å². The van der Waals surface area contributed by atoms with Crippen LogP contribution >= 0.6 is 0 Å². The number of hydrogen-bond donors (Lipinski definition) is 0. The zero-order chi connectivity index (χ0) is 17.4. The first-order valence-corrected chi connectivity index (χ1v) is 9.46. The van der Waals surface area contributed by atoms with Crippen LogP contribution in [0.25, 0.3) is 10.9 Å². The highest BCUT2D eigenvalue weighted by molar-refractivity contribution is 5.86. The lowest BCUT2D eigenvalue weighted by atomic mass is 10.1. The quantitative estimate of drug-likeness (QED) is 0.684. The summed E-state index contributed by atoms with van der Waals surface area (Å²) in [7, 11) is 2.25.